The summed E-state index contributed by atoms with van der Waals surface area (Å²) in [5, 5.41) is 22.3. The van der Waals surface area contributed by atoms with Crippen molar-refractivity contribution in [3.63, 3.8) is 0 Å². The van der Waals surface area contributed by atoms with Crippen molar-refractivity contribution in [2.75, 3.05) is 6.61 Å². The number of benzene rings is 3. The zero-order valence-electron chi connectivity index (χ0n) is 31.5. The van der Waals surface area contributed by atoms with Crippen LogP contribution < -0.4 is 0 Å². The number of halogens is 1. The van der Waals surface area contributed by atoms with Crippen LogP contribution in [0.3, 0.4) is 0 Å². The van der Waals surface area contributed by atoms with Crippen LogP contribution in [0.25, 0.3) is 22.5 Å². The molecule has 0 spiro atoms. The second kappa shape index (κ2) is 19.9. The molecule has 0 aliphatic rings. The third-order valence-corrected chi connectivity index (χ3v) is 8.49. The van der Waals surface area contributed by atoms with Crippen molar-refractivity contribution in [3.8, 4) is 22.5 Å². The molecular weight excluding hydrogens is 766 g/mol. The summed E-state index contributed by atoms with van der Waals surface area (Å²) in [6, 6.07) is 21.7. The molecule has 0 fully saturated rings. The number of unbranched alkanes of at least 4 members (excludes halogenated alkanes) is 1. The number of nitrogens with zero attached hydrogens (tertiary/aromatic N) is 7. The smallest absolute Gasteiger partial charge is 0.435 e. The maximum Gasteiger partial charge on any atom is 0.511 e. The van der Waals surface area contributed by atoms with Gasteiger partial charge in [-0.2, -0.15) is 0 Å². The molecule has 0 saturated carbocycles. The fourth-order valence-electron chi connectivity index (χ4n) is 5.56. The first kappa shape index (κ1) is 41.6. The third-order valence-electron chi connectivity index (χ3n) is 8.23. The second-order valence-corrected chi connectivity index (χ2v) is 12.7. The number of ether oxygens (including phenoxy) is 5. The highest BCUT2D eigenvalue weighted by Gasteiger charge is 2.26. The topological polar surface area (TPSA) is 211 Å². The molecule has 0 amide bonds. The van der Waals surface area contributed by atoms with E-state index in [-0.39, 0.29) is 43.0 Å². The molecule has 2 unspecified atom stereocenters. The Labute approximate surface area is 331 Å². The molecule has 0 radical (unpaired) electrons. The number of hydrogen-bond acceptors (Lipinski definition) is 15. The number of rotatable bonds is 18. The molecule has 2 aromatic heterocycles. The second-order valence-electron chi connectivity index (χ2n) is 12.4. The van der Waals surface area contributed by atoms with E-state index >= 15 is 0 Å². The Balaban J connectivity index is 1.26. The minimum absolute atomic E-state index is 0.0253. The molecule has 57 heavy (non-hydrogen) atoms. The molecular formula is C38H40ClN7O11. The number of carbonyl (C=O) groups is 3. The monoisotopic (exact) mass is 805 g/mol. The Kier molecular flexibility index (Phi) is 14.5. The standard InChI is InChI=1S/C38H40ClN7O11/c1-5-7-15-32-40-34(39)33(36(47)56-25(4)57-37(48)52-6-2)44(32)21-26-16-18-29(19-17-26)30-13-8-9-14-31(30)35-41-43-45(42-35)24(3)55-38(49)53-22-27-11-10-12-28(20-27)23-54-46(50)51/h8-14,16-20,24-25H,5-7,15,21-23H2,1-4H3. The summed E-state index contributed by atoms with van der Waals surface area (Å²) < 4.78 is 27.4. The Hall–Kier alpha value is -6.56. The van der Waals surface area contributed by atoms with Crippen molar-refractivity contribution in [1.82, 2.24) is 29.8 Å². The fourth-order valence-corrected chi connectivity index (χ4v) is 5.84. The van der Waals surface area contributed by atoms with Crippen LogP contribution in [0.5, 0.6) is 0 Å². The minimum Gasteiger partial charge on any atom is -0.435 e. The highest BCUT2D eigenvalue weighted by molar-refractivity contribution is 6.32. The van der Waals surface area contributed by atoms with E-state index in [1.165, 1.54) is 6.92 Å². The summed E-state index contributed by atoms with van der Waals surface area (Å²) in [7, 11) is 0. The van der Waals surface area contributed by atoms with E-state index in [4.69, 9.17) is 35.3 Å². The van der Waals surface area contributed by atoms with E-state index in [1.807, 2.05) is 55.5 Å². The summed E-state index contributed by atoms with van der Waals surface area (Å²) in [4.78, 5) is 57.9. The molecule has 0 N–H and O–H groups in total. The maximum absolute atomic E-state index is 13.3. The largest absolute Gasteiger partial charge is 0.511 e. The van der Waals surface area contributed by atoms with Gasteiger partial charge in [0.05, 0.1) is 6.61 Å². The lowest BCUT2D eigenvalue weighted by Crippen LogP contribution is -2.24. The zero-order chi connectivity index (χ0) is 40.9. The predicted molar refractivity (Wildman–Crippen MR) is 201 cm³/mol. The minimum atomic E-state index is -1.23. The number of tetrazole rings is 1. The number of hydrogen-bond donors (Lipinski definition) is 0. The van der Waals surface area contributed by atoms with Gasteiger partial charge in [-0.25, -0.2) is 19.4 Å². The van der Waals surface area contributed by atoms with Crippen LogP contribution in [0.1, 0.15) is 79.8 Å². The number of aryl methyl sites for hydroxylation is 1. The summed E-state index contributed by atoms with van der Waals surface area (Å²) in [6.07, 6.45) is -1.87. The van der Waals surface area contributed by atoms with Crippen molar-refractivity contribution in [2.45, 2.75) is 79.2 Å². The summed E-state index contributed by atoms with van der Waals surface area (Å²) in [5.74, 6) is 0.0843. The van der Waals surface area contributed by atoms with Crippen LogP contribution in [0.2, 0.25) is 5.15 Å². The molecule has 0 saturated heterocycles. The van der Waals surface area contributed by atoms with E-state index in [1.54, 1.807) is 42.7 Å². The van der Waals surface area contributed by atoms with Gasteiger partial charge in [-0.15, -0.1) is 25.1 Å². The highest BCUT2D eigenvalue weighted by Crippen LogP contribution is 2.31. The van der Waals surface area contributed by atoms with Crippen molar-refractivity contribution in [3.05, 3.63) is 116 Å². The Morgan fingerprint density at radius 2 is 1.56 bits per heavy atom. The van der Waals surface area contributed by atoms with E-state index in [2.05, 4.69) is 25.2 Å². The van der Waals surface area contributed by atoms with Gasteiger partial charge in [-0.05, 0) is 53.3 Å². The molecule has 0 aliphatic carbocycles. The predicted octanol–water partition coefficient (Wildman–Crippen LogP) is 7.50. The lowest BCUT2D eigenvalue weighted by molar-refractivity contribution is -0.763. The van der Waals surface area contributed by atoms with E-state index in [0.717, 1.165) is 34.3 Å². The van der Waals surface area contributed by atoms with Crippen molar-refractivity contribution >= 4 is 29.9 Å². The molecule has 3 aromatic carbocycles. The molecule has 18 nitrogen and oxygen atoms in total. The van der Waals surface area contributed by atoms with Gasteiger partial charge in [0.25, 0.3) is 5.09 Å². The van der Waals surface area contributed by atoms with Crippen LogP contribution in [0.4, 0.5) is 9.59 Å². The Morgan fingerprint density at radius 3 is 2.26 bits per heavy atom. The van der Waals surface area contributed by atoms with Gasteiger partial charge in [-0.3, -0.25) is 0 Å². The number of carbonyl (C=O) groups excluding carboxylic acids is 3. The van der Waals surface area contributed by atoms with Gasteiger partial charge >= 0.3 is 18.3 Å². The van der Waals surface area contributed by atoms with Gasteiger partial charge in [0.1, 0.15) is 19.0 Å². The SMILES string of the molecule is CCCCc1nc(Cl)c(C(=O)OC(C)OC(=O)OCC)n1Cc1ccc(-c2ccccc2-c2nnn(C(C)OC(=O)OCc3cccc(CO[N+](=O)[O-])c3)n2)cc1. The lowest BCUT2D eigenvalue weighted by Gasteiger charge is -2.16. The normalized spacial score (nSPS) is 11.9. The lowest BCUT2D eigenvalue weighted by atomic mass is 9.98. The van der Waals surface area contributed by atoms with E-state index < -0.39 is 35.9 Å². The average Bonchev–Trinajstić information content (AvgIpc) is 3.80. The molecule has 0 aliphatic heterocycles. The van der Waals surface area contributed by atoms with E-state index in [9.17, 15) is 24.5 Å². The van der Waals surface area contributed by atoms with Crippen molar-refractivity contribution in [2.24, 2.45) is 0 Å². The van der Waals surface area contributed by atoms with Gasteiger partial charge in [0.2, 0.25) is 18.3 Å². The maximum atomic E-state index is 13.3. The molecule has 2 heterocycles. The third kappa shape index (κ3) is 11.5. The first-order chi connectivity index (χ1) is 27.4. The van der Waals surface area contributed by atoms with Crippen LogP contribution >= 0.6 is 11.6 Å². The Bertz CT molecular complexity index is 2170. The summed E-state index contributed by atoms with van der Waals surface area (Å²) in [5.41, 5.74) is 4.29. The van der Waals surface area contributed by atoms with Gasteiger partial charge in [0, 0.05) is 25.5 Å². The Morgan fingerprint density at radius 1 is 0.860 bits per heavy atom. The molecule has 0 bridgehead atoms. The fraction of sp³-hybridized carbons (Fsp3) is 0.342. The zero-order valence-corrected chi connectivity index (χ0v) is 32.3. The van der Waals surface area contributed by atoms with Gasteiger partial charge in [0.15, 0.2) is 10.8 Å². The number of imidazole rings is 1. The molecule has 5 aromatic rings. The quantitative estimate of drug-likeness (QED) is 0.0276. The average molecular weight is 806 g/mol. The van der Waals surface area contributed by atoms with Crippen LogP contribution in [0.15, 0.2) is 72.8 Å². The van der Waals surface area contributed by atoms with Gasteiger partial charge < -0.3 is 33.1 Å². The number of aromatic nitrogens is 6. The summed E-state index contributed by atoms with van der Waals surface area (Å²) >= 11 is 6.48. The van der Waals surface area contributed by atoms with E-state index in [0.29, 0.717) is 28.9 Å². The van der Waals surface area contributed by atoms with Crippen molar-refractivity contribution in [1.29, 1.82) is 0 Å². The van der Waals surface area contributed by atoms with Crippen molar-refractivity contribution < 1.29 is 48.0 Å². The molecule has 300 valence electrons. The van der Waals surface area contributed by atoms with Crippen LogP contribution in [-0.2, 0) is 54.7 Å². The van der Waals surface area contributed by atoms with Gasteiger partial charge in [-0.1, -0.05) is 97.7 Å². The molecule has 19 heteroatoms. The van der Waals surface area contributed by atoms with Crippen LogP contribution in [-0.4, -0.2) is 66.0 Å². The highest BCUT2D eigenvalue weighted by atomic mass is 35.5. The first-order valence-electron chi connectivity index (χ1n) is 17.9. The first-order valence-corrected chi connectivity index (χ1v) is 18.3. The molecule has 5 rings (SSSR count). The summed E-state index contributed by atoms with van der Waals surface area (Å²) in [6.45, 7) is 6.59. The molecule has 2 atom stereocenters. The number of esters is 1. The van der Waals surface area contributed by atoms with Crippen LogP contribution in [0, 0.1) is 10.1 Å².